The summed E-state index contributed by atoms with van der Waals surface area (Å²) in [5.74, 6) is -0.225. The Morgan fingerprint density at radius 2 is 1.85 bits per heavy atom. The number of aromatic nitrogens is 1. The standard InChI is InChI=1S/C22H21F3N4O2S2/c23-22(24,25)15-3-1-4-17(13-15)28-8-10-29(11-9-28)19(30)7-6-16-14-33-21(26-16)27-20(31)18-5-2-12-32-18/h1-5,12-14H,6-11H2,(H,26,27,31). The number of carbonyl (C=O) groups excluding carboxylic acids is 2. The van der Waals surface area contributed by atoms with Gasteiger partial charge in [0.1, 0.15) is 0 Å². The van der Waals surface area contributed by atoms with Gasteiger partial charge in [0, 0.05) is 43.7 Å². The lowest BCUT2D eigenvalue weighted by atomic mass is 10.1. The van der Waals surface area contributed by atoms with Crippen LogP contribution in [0.5, 0.6) is 0 Å². The molecule has 2 amide bonds. The molecule has 1 aliphatic rings. The van der Waals surface area contributed by atoms with Gasteiger partial charge in [0.25, 0.3) is 5.91 Å². The smallest absolute Gasteiger partial charge is 0.368 e. The molecular weight excluding hydrogens is 473 g/mol. The molecule has 3 aromatic rings. The van der Waals surface area contributed by atoms with Crippen LogP contribution in [-0.4, -0.2) is 47.9 Å². The summed E-state index contributed by atoms with van der Waals surface area (Å²) in [4.78, 5) is 33.3. The number of thiophene rings is 1. The van der Waals surface area contributed by atoms with Gasteiger partial charge in [-0.15, -0.1) is 22.7 Å². The average Bonchev–Trinajstić information content (AvgIpc) is 3.50. The molecule has 33 heavy (non-hydrogen) atoms. The summed E-state index contributed by atoms with van der Waals surface area (Å²) < 4.78 is 38.9. The number of aryl methyl sites for hydroxylation is 1. The highest BCUT2D eigenvalue weighted by molar-refractivity contribution is 7.14. The van der Waals surface area contributed by atoms with E-state index >= 15 is 0 Å². The maximum atomic E-state index is 13.0. The Kier molecular flexibility index (Phi) is 6.99. The minimum Gasteiger partial charge on any atom is -0.368 e. The topological polar surface area (TPSA) is 65.5 Å². The number of anilines is 2. The Labute approximate surface area is 196 Å². The van der Waals surface area contributed by atoms with Crippen LogP contribution in [0.25, 0.3) is 0 Å². The van der Waals surface area contributed by atoms with Crippen LogP contribution in [0.15, 0.2) is 47.2 Å². The third kappa shape index (κ3) is 5.91. The number of piperazine rings is 1. The zero-order valence-electron chi connectivity index (χ0n) is 17.5. The first-order valence-electron chi connectivity index (χ1n) is 10.3. The highest BCUT2D eigenvalue weighted by Crippen LogP contribution is 2.32. The van der Waals surface area contributed by atoms with Gasteiger partial charge in [0.2, 0.25) is 5.91 Å². The maximum absolute atomic E-state index is 13.0. The predicted molar refractivity (Wildman–Crippen MR) is 123 cm³/mol. The van der Waals surface area contributed by atoms with E-state index in [2.05, 4.69) is 10.3 Å². The van der Waals surface area contributed by atoms with Gasteiger partial charge in [-0.3, -0.25) is 14.9 Å². The first-order valence-corrected chi connectivity index (χ1v) is 12.0. The van der Waals surface area contributed by atoms with Crippen LogP contribution in [0.4, 0.5) is 24.0 Å². The van der Waals surface area contributed by atoms with Crippen molar-refractivity contribution in [2.24, 2.45) is 0 Å². The van der Waals surface area contributed by atoms with Crippen molar-refractivity contribution < 1.29 is 22.8 Å². The van der Waals surface area contributed by atoms with Crippen LogP contribution in [0.2, 0.25) is 0 Å². The number of amides is 2. The Morgan fingerprint density at radius 3 is 2.55 bits per heavy atom. The second-order valence-corrected chi connectivity index (χ2v) is 9.30. The van der Waals surface area contributed by atoms with Crippen molar-refractivity contribution >= 4 is 45.3 Å². The molecule has 1 aromatic carbocycles. The van der Waals surface area contributed by atoms with E-state index < -0.39 is 11.7 Å². The van der Waals surface area contributed by atoms with Crippen LogP contribution >= 0.6 is 22.7 Å². The molecule has 6 nitrogen and oxygen atoms in total. The van der Waals surface area contributed by atoms with E-state index in [9.17, 15) is 22.8 Å². The van der Waals surface area contributed by atoms with Crippen molar-refractivity contribution in [3.63, 3.8) is 0 Å². The van der Waals surface area contributed by atoms with E-state index in [1.165, 1.54) is 28.7 Å². The Morgan fingerprint density at radius 1 is 1.06 bits per heavy atom. The van der Waals surface area contributed by atoms with Crippen molar-refractivity contribution in [3.05, 3.63) is 63.3 Å². The lowest BCUT2D eigenvalue weighted by Crippen LogP contribution is -2.48. The first-order chi connectivity index (χ1) is 15.8. The molecule has 0 spiro atoms. The number of carbonyl (C=O) groups is 2. The third-order valence-electron chi connectivity index (χ3n) is 5.28. The Bertz CT molecular complexity index is 1110. The van der Waals surface area contributed by atoms with Crippen molar-refractivity contribution in [1.82, 2.24) is 9.88 Å². The molecule has 2 aromatic heterocycles. The molecule has 0 radical (unpaired) electrons. The summed E-state index contributed by atoms with van der Waals surface area (Å²) in [6, 6.07) is 8.80. The van der Waals surface area contributed by atoms with E-state index in [1.807, 2.05) is 15.7 Å². The summed E-state index contributed by atoms with van der Waals surface area (Å²) in [5.41, 5.74) is 0.571. The quantitative estimate of drug-likeness (QED) is 0.537. The molecule has 1 fully saturated rings. The number of benzene rings is 1. The summed E-state index contributed by atoms with van der Waals surface area (Å²) in [6.07, 6.45) is -3.64. The van der Waals surface area contributed by atoms with Crippen molar-refractivity contribution in [2.45, 2.75) is 19.0 Å². The number of alkyl halides is 3. The van der Waals surface area contributed by atoms with E-state index in [0.717, 1.165) is 17.8 Å². The summed E-state index contributed by atoms with van der Waals surface area (Å²) in [5, 5.41) is 6.90. The van der Waals surface area contributed by atoms with Crippen molar-refractivity contribution in [3.8, 4) is 0 Å². The van der Waals surface area contributed by atoms with Gasteiger partial charge in [-0.05, 0) is 36.1 Å². The van der Waals surface area contributed by atoms with Gasteiger partial charge in [-0.2, -0.15) is 13.2 Å². The van der Waals surface area contributed by atoms with Gasteiger partial charge in [-0.1, -0.05) is 12.1 Å². The largest absolute Gasteiger partial charge is 0.416 e. The number of nitrogens with zero attached hydrogens (tertiary/aromatic N) is 3. The zero-order valence-corrected chi connectivity index (χ0v) is 19.1. The number of nitrogens with one attached hydrogen (secondary N) is 1. The van der Waals surface area contributed by atoms with Gasteiger partial charge in [0.05, 0.1) is 16.1 Å². The van der Waals surface area contributed by atoms with Crippen LogP contribution in [0.3, 0.4) is 0 Å². The molecule has 0 bridgehead atoms. The van der Waals surface area contributed by atoms with Crippen molar-refractivity contribution in [2.75, 3.05) is 36.4 Å². The summed E-state index contributed by atoms with van der Waals surface area (Å²) >= 11 is 2.66. The number of hydrogen-bond donors (Lipinski definition) is 1. The number of thiazole rings is 1. The fraction of sp³-hybridized carbons (Fsp3) is 0.318. The minimum absolute atomic E-state index is 0.0177. The normalized spacial score (nSPS) is 14.4. The summed E-state index contributed by atoms with van der Waals surface area (Å²) in [6.45, 7) is 1.85. The first kappa shape index (κ1) is 23.2. The summed E-state index contributed by atoms with van der Waals surface area (Å²) in [7, 11) is 0. The molecule has 0 atom stereocenters. The molecule has 3 heterocycles. The molecule has 1 N–H and O–H groups in total. The second-order valence-electron chi connectivity index (χ2n) is 7.49. The predicted octanol–water partition coefficient (Wildman–Crippen LogP) is 4.76. The zero-order chi connectivity index (χ0) is 23.4. The van der Waals surface area contributed by atoms with Crippen LogP contribution < -0.4 is 10.2 Å². The monoisotopic (exact) mass is 494 g/mol. The molecule has 11 heteroatoms. The number of halogens is 3. The van der Waals surface area contributed by atoms with Crippen LogP contribution in [-0.2, 0) is 17.4 Å². The molecule has 0 aliphatic carbocycles. The molecule has 1 aliphatic heterocycles. The fourth-order valence-corrected chi connectivity index (χ4v) is 4.89. The molecule has 174 valence electrons. The lowest BCUT2D eigenvalue weighted by molar-refractivity contribution is -0.137. The SMILES string of the molecule is O=C(Nc1nc(CCC(=O)N2CCN(c3cccc(C(F)(F)F)c3)CC2)cs1)c1cccs1. The maximum Gasteiger partial charge on any atom is 0.416 e. The minimum atomic E-state index is -4.38. The van der Waals surface area contributed by atoms with Crippen LogP contribution in [0.1, 0.15) is 27.3 Å². The van der Waals surface area contributed by atoms with Gasteiger partial charge >= 0.3 is 6.18 Å². The molecule has 1 saturated heterocycles. The highest BCUT2D eigenvalue weighted by Gasteiger charge is 2.31. The molecule has 0 unspecified atom stereocenters. The highest BCUT2D eigenvalue weighted by atomic mass is 32.1. The third-order valence-corrected chi connectivity index (χ3v) is 6.96. The van der Waals surface area contributed by atoms with Crippen molar-refractivity contribution in [1.29, 1.82) is 0 Å². The second kappa shape index (κ2) is 9.92. The van der Waals surface area contributed by atoms with Crippen LogP contribution in [0, 0.1) is 0 Å². The van der Waals surface area contributed by atoms with E-state index in [4.69, 9.17) is 0 Å². The Balaban J connectivity index is 1.25. The van der Waals surface area contributed by atoms with E-state index in [1.54, 1.807) is 23.1 Å². The van der Waals surface area contributed by atoms with Gasteiger partial charge in [-0.25, -0.2) is 4.98 Å². The van der Waals surface area contributed by atoms with E-state index in [0.29, 0.717) is 48.3 Å². The molecule has 0 saturated carbocycles. The molecule has 4 rings (SSSR count). The number of rotatable bonds is 6. The van der Waals surface area contributed by atoms with Gasteiger partial charge in [0.15, 0.2) is 5.13 Å². The number of hydrogen-bond acceptors (Lipinski definition) is 6. The Hall–Kier alpha value is -2.92. The fourth-order valence-electron chi connectivity index (χ4n) is 3.53. The van der Waals surface area contributed by atoms with E-state index in [-0.39, 0.29) is 18.2 Å². The van der Waals surface area contributed by atoms with Gasteiger partial charge < -0.3 is 9.80 Å². The average molecular weight is 495 g/mol. The lowest BCUT2D eigenvalue weighted by Gasteiger charge is -2.36. The molecular formula is C22H21F3N4O2S2.